The number of aryl methyl sites for hydroxylation is 1. The molecule has 2 atom stereocenters. The molecule has 0 saturated heterocycles. The SMILES string of the molecule is C[C@H](/C=C/CCO)[C@@]1(O)C(=O)N(Cc2cccc(N3C(=O)CCc4ccccc43)c2)c2ccc(Cl)cc21. The van der Waals surface area contributed by atoms with Crippen LogP contribution in [-0.4, -0.2) is 28.6 Å². The van der Waals surface area contributed by atoms with Gasteiger partial charge in [0.05, 0.1) is 17.9 Å². The number of hydrogen-bond acceptors (Lipinski definition) is 4. The van der Waals surface area contributed by atoms with E-state index in [0.29, 0.717) is 29.1 Å². The monoisotopic (exact) mass is 516 g/mol. The molecule has 0 fully saturated rings. The summed E-state index contributed by atoms with van der Waals surface area (Å²) >= 11 is 6.27. The molecule has 0 spiro atoms. The molecular formula is C30H29ClN2O4. The van der Waals surface area contributed by atoms with E-state index in [1.807, 2.05) is 48.5 Å². The number of para-hydroxylation sites is 1. The summed E-state index contributed by atoms with van der Waals surface area (Å²) in [5.41, 5.74) is 2.85. The molecule has 0 saturated carbocycles. The molecule has 0 aliphatic carbocycles. The normalized spacial score (nSPS) is 19.9. The van der Waals surface area contributed by atoms with Crippen LogP contribution in [0.15, 0.2) is 78.9 Å². The van der Waals surface area contributed by atoms with E-state index in [9.17, 15) is 14.7 Å². The molecule has 2 heterocycles. The molecule has 3 aromatic rings. The van der Waals surface area contributed by atoms with Crippen LogP contribution in [0.1, 0.15) is 36.5 Å². The minimum absolute atomic E-state index is 0.00945. The molecule has 37 heavy (non-hydrogen) atoms. The fourth-order valence-electron chi connectivity index (χ4n) is 5.28. The number of carbonyl (C=O) groups is 2. The molecule has 2 N–H and O–H groups in total. The van der Waals surface area contributed by atoms with Crippen LogP contribution in [0, 0.1) is 5.92 Å². The fourth-order valence-corrected chi connectivity index (χ4v) is 5.45. The van der Waals surface area contributed by atoms with Crippen LogP contribution in [0.5, 0.6) is 0 Å². The van der Waals surface area contributed by atoms with E-state index >= 15 is 0 Å². The van der Waals surface area contributed by atoms with Gasteiger partial charge < -0.3 is 15.1 Å². The zero-order valence-corrected chi connectivity index (χ0v) is 21.4. The van der Waals surface area contributed by atoms with E-state index in [4.69, 9.17) is 16.7 Å². The Hall–Kier alpha value is -3.45. The van der Waals surface area contributed by atoms with Gasteiger partial charge in [0, 0.05) is 35.2 Å². The van der Waals surface area contributed by atoms with E-state index in [0.717, 1.165) is 28.9 Å². The second-order valence-electron chi connectivity index (χ2n) is 9.58. The lowest BCUT2D eigenvalue weighted by atomic mass is 9.83. The molecule has 2 aliphatic rings. The molecule has 5 rings (SSSR count). The Kier molecular flexibility index (Phi) is 6.90. The first-order chi connectivity index (χ1) is 17.8. The van der Waals surface area contributed by atoms with Gasteiger partial charge in [-0.15, -0.1) is 0 Å². The Bertz CT molecular complexity index is 1390. The van der Waals surface area contributed by atoms with Crippen molar-refractivity contribution in [3.63, 3.8) is 0 Å². The number of carbonyl (C=O) groups excluding carboxylic acids is 2. The molecule has 7 heteroatoms. The van der Waals surface area contributed by atoms with Crippen LogP contribution in [0.4, 0.5) is 17.1 Å². The summed E-state index contributed by atoms with van der Waals surface area (Å²) in [5.74, 6) is -0.941. The smallest absolute Gasteiger partial charge is 0.264 e. The lowest BCUT2D eigenvalue weighted by molar-refractivity contribution is -0.139. The van der Waals surface area contributed by atoms with E-state index in [1.165, 1.54) is 0 Å². The molecule has 0 radical (unpaired) electrons. The summed E-state index contributed by atoms with van der Waals surface area (Å²) in [6, 6.07) is 20.6. The van der Waals surface area contributed by atoms with Crippen LogP contribution in [0.25, 0.3) is 0 Å². The molecule has 190 valence electrons. The standard InChI is InChI=1S/C30H29ClN2O4/c1-20(7-4-5-16-34)30(37)25-18-23(31)13-14-27(25)32(29(30)36)19-21-8-6-10-24(17-21)33-26-11-3-2-9-22(26)12-15-28(33)35/h2-4,6-11,13-14,17-18,20,34,37H,5,12,15-16,19H2,1H3/b7-4+/t20-,30+/m1/s1. The van der Waals surface area contributed by atoms with Crippen molar-refractivity contribution in [3.05, 3.63) is 101 Å². The molecule has 6 nitrogen and oxygen atoms in total. The van der Waals surface area contributed by atoms with Gasteiger partial charge >= 0.3 is 0 Å². The second kappa shape index (κ2) is 10.1. The minimum Gasteiger partial charge on any atom is -0.396 e. The van der Waals surface area contributed by atoms with Crippen LogP contribution in [0.2, 0.25) is 5.02 Å². The Morgan fingerprint density at radius 3 is 2.65 bits per heavy atom. The van der Waals surface area contributed by atoms with Crippen LogP contribution in [0.3, 0.4) is 0 Å². The molecule has 2 aliphatic heterocycles. The van der Waals surface area contributed by atoms with E-state index in [2.05, 4.69) is 0 Å². The first-order valence-corrected chi connectivity index (χ1v) is 12.8. The van der Waals surface area contributed by atoms with Gasteiger partial charge in [0.25, 0.3) is 5.91 Å². The highest BCUT2D eigenvalue weighted by Crippen LogP contribution is 2.47. The highest BCUT2D eigenvalue weighted by atomic mass is 35.5. The third kappa shape index (κ3) is 4.46. The predicted molar refractivity (Wildman–Crippen MR) is 145 cm³/mol. The summed E-state index contributed by atoms with van der Waals surface area (Å²) in [6.07, 6.45) is 5.11. The number of halogens is 1. The Morgan fingerprint density at radius 2 is 1.84 bits per heavy atom. The fraction of sp³-hybridized carbons (Fsp3) is 0.267. The number of hydrogen-bond donors (Lipinski definition) is 2. The molecule has 0 bridgehead atoms. The van der Waals surface area contributed by atoms with Gasteiger partial charge in [0.15, 0.2) is 5.60 Å². The number of benzene rings is 3. The van der Waals surface area contributed by atoms with Crippen molar-refractivity contribution in [2.45, 2.75) is 38.3 Å². The maximum absolute atomic E-state index is 13.8. The van der Waals surface area contributed by atoms with Crippen molar-refractivity contribution in [3.8, 4) is 0 Å². The number of fused-ring (bicyclic) bond motifs is 2. The summed E-state index contributed by atoms with van der Waals surface area (Å²) in [6.45, 7) is 1.99. The van der Waals surface area contributed by atoms with Gasteiger partial charge in [0.2, 0.25) is 5.91 Å². The lowest BCUT2D eigenvalue weighted by Crippen LogP contribution is -2.44. The molecular weight excluding hydrogens is 488 g/mol. The number of anilines is 3. The van der Waals surface area contributed by atoms with Gasteiger partial charge in [-0.3, -0.25) is 14.5 Å². The van der Waals surface area contributed by atoms with Crippen molar-refractivity contribution in [1.82, 2.24) is 0 Å². The molecule has 0 unspecified atom stereocenters. The van der Waals surface area contributed by atoms with Crippen molar-refractivity contribution < 1.29 is 19.8 Å². The van der Waals surface area contributed by atoms with Crippen molar-refractivity contribution in [2.24, 2.45) is 5.92 Å². The van der Waals surface area contributed by atoms with E-state index < -0.39 is 17.4 Å². The van der Waals surface area contributed by atoms with Gasteiger partial charge in [-0.25, -0.2) is 0 Å². The molecule has 0 aromatic heterocycles. The Morgan fingerprint density at radius 1 is 1.03 bits per heavy atom. The number of amides is 2. The van der Waals surface area contributed by atoms with Gasteiger partial charge in [-0.1, -0.05) is 61.0 Å². The highest BCUT2D eigenvalue weighted by molar-refractivity contribution is 6.31. The maximum Gasteiger partial charge on any atom is 0.264 e. The quantitative estimate of drug-likeness (QED) is 0.420. The third-order valence-electron chi connectivity index (χ3n) is 7.21. The second-order valence-corrected chi connectivity index (χ2v) is 10.0. The third-order valence-corrected chi connectivity index (χ3v) is 7.45. The highest BCUT2D eigenvalue weighted by Gasteiger charge is 2.52. The van der Waals surface area contributed by atoms with Crippen LogP contribution >= 0.6 is 11.6 Å². The number of aliphatic hydroxyl groups is 2. The average molecular weight is 517 g/mol. The predicted octanol–water partition coefficient (Wildman–Crippen LogP) is 5.26. The topological polar surface area (TPSA) is 81.1 Å². The maximum atomic E-state index is 13.8. The van der Waals surface area contributed by atoms with E-state index in [-0.39, 0.29) is 19.1 Å². The first kappa shape index (κ1) is 25.2. The minimum atomic E-state index is -1.79. The van der Waals surface area contributed by atoms with E-state index in [1.54, 1.807) is 47.1 Å². The lowest BCUT2D eigenvalue weighted by Gasteiger charge is -2.30. The van der Waals surface area contributed by atoms with Crippen molar-refractivity contribution in [2.75, 3.05) is 16.4 Å². The summed E-state index contributed by atoms with van der Waals surface area (Å²) in [7, 11) is 0. The largest absolute Gasteiger partial charge is 0.396 e. The summed E-state index contributed by atoms with van der Waals surface area (Å²) in [5, 5.41) is 21.3. The zero-order chi connectivity index (χ0) is 26.2. The number of rotatable bonds is 7. The summed E-state index contributed by atoms with van der Waals surface area (Å²) < 4.78 is 0. The van der Waals surface area contributed by atoms with Crippen LogP contribution < -0.4 is 9.80 Å². The van der Waals surface area contributed by atoms with Gasteiger partial charge in [-0.05, 0) is 60.4 Å². The van der Waals surface area contributed by atoms with Crippen molar-refractivity contribution >= 4 is 40.5 Å². The Balaban J connectivity index is 1.49. The summed E-state index contributed by atoms with van der Waals surface area (Å²) in [4.78, 5) is 30.0. The zero-order valence-electron chi connectivity index (χ0n) is 20.6. The first-order valence-electron chi connectivity index (χ1n) is 12.5. The van der Waals surface area contributed by atoms with Crippen LogP contribution in [-0.2, 0) is 28.2 Å². The van der Waals surface area contributed by atoms with Gasteiger partial charge in [0.1, 0.15) is 0 Å². The average Bonchev–Trinajstić information content (AvgIpc) is 3.11. The Labute approximate surface area is 221 Å². The molecule has 2 amide bonds. The van der Waals surface area contributed by atoms with Crippen molar-refractivity contribution in [1.29, 1.82) is 0 Å². The number of aliphatic hydroxyl groups excluding tert-OH is 1. The van der Waals surface area contributed by atoms with Gasteiger partial charge in [-0.2, -0.15) is 0 Å². The molecule has 3 aromatic carbocycles. The number of nitrogens with zero attached hydrogens (tertiary/aromatic N) is 2.